The van der Waals surface area contributed by atoms with Crippen molar-refractivity contribution in [2.24, 2.45) is 29.4 Å². The van der Waals surface area contributed by atoms with E-state index in [1.807, 2.05) is 24.3 Å². The minimum atomic E-state index is 0.254. The highest BCUT2D eigenvalue weighted by atomic mass is 14.5. The van der Waals surface area contributed by atoms with Crippen LogP contribution in [0.25, 0.3) is 0 Å². The third-order valence-corrected chi connectivity index (χ3v) is 5.43. The summed E-state index contributed by atoms with van der Waals surface area (Å²) in [6.45, 7) is 15.0. The maximum atomic E-state index is 6.01. The third-order valence-electron chi connectivity index (χ3n) is 5.43. The lowest BCUT2D eigenvalue weighted by atomic mass is 9.81. The normalized spacial score (nSPS) is 28.1. The van der Waals surface area contributed by atoms with Crippen LogP contribution in [-0.2, 0) is 0 Å². The number of hydrogen-bond acceptors (Lipinski definition) is 1. The van der Waals surface area contributed by atoms with Gasteiger partial charge in [0.05, 0.1) is 0 Å². The molecule has 0 fully saturated rings. The Bertz CT molecular complexity index is 779. The summed E-state index contributed by atoms with van der Waals surface area (Å²) >= 11 is 0. The average molecular weight is 374 g/mol. The fourth-order valence-corrected chi connectivity index (χ4v) is 3.69. The molecule has 0 aromatic heterocycles. The molecular weight excluding hydrogens is 338 g/mol. The Hall–Kier alpha value is -2.54. The van der Waals surface area contributed by atoms with Gasteiger partial charge in [-0.05, 0) is 49.3 Å². The fourth-order valence-electron chi connectivity index (χ4n) is 3.69. The topological polar surface area (TPSA) is 26.0 Å². The Kier molecular flexibility index (Phi) is 8.32. The van der Waals surface area contributed by atoms with Gasteiger partial charge in [0, 0.05) is 17.5 Å². The number of nitrogens with two attached hydrogens (primary N) is 1. The molecule has 2 aliphatic rings. The second kappa shape index (κ2) is 10.7. The van der Waals surface area contributed by atoms with E-state index in [-0.39, 0.29) is 5.92 Å². The second-order valence-electron chi connectivity index (χ2n) is 8.06. The van der Waals surface area contributed by atoms with Crippen LogP contribution in [0.4, 0.5) is 0 Å². The summed E-state index contributed by atoms with van der Waals surface area (Å²) in [5.74, 6) is 1.63. The average Bonchev–Trinajstić information content (AvgIpc) is 3.09. The molecule has 1 heteroatoms. The fraction of sp³-hybridized carbons (Fsp3) is 0.333. The van der Waals surface area contributed by atoms with Gasteiger partial charge in [-0.3, -0.25) is 0 Å². The van der Waals surface area contributed by atoms with Crippen molar-refractivity contribution >= 4 is 0 Å². The van der Waals surface area contributed by atoms with Crippen LogP contribution in [0.2, 0.25) is 0 Å². The maximum absolute atomic E-state index is 6.01. The van der Waals surface area contributed by atoms with Crippen molar-refractivity contribution in [2.75, 3.05) is 0 Å². The molecule has 148 valence electrons. The summed E-state index contributed by atoms with van der Waals surface area (Å²) in [5, 5.41) is 0. The molecule has 2 rings (SSSR count). The van der Waals surface area contributed by atoms with Gasteiger partial charge in [-0.15, -0.1) is 6.58 Å². The molecule has 0 aromatic carbocycles. The highest BCUT2D eigenvalue weighted by Crippen LogP contribution is 2.34. The molecule has 0 saturated carbocycles. The molecule has 4 unspecified atom stereocenters. The quantitative estimate of drug-likeness (QED) is 0.433. The Morgan fingerprint density at radius 2 is 1.89 bits per heavy atom. The molecule has 0 bridgehead atoms. The molecular formula is C27H35N. The van der Waals surface area contributed by atoms with E-state index in [1.165, 1.54) is 16.7 Å². The van der Waals surface area contributed by atoms with Crippen molar-refractivity contribution in [1.82, 2.24) is 0 Å². The highest BCUT2D eigenvalue weighted by molar-refractivity contribution is 5.42. The van der Waals surface area contributed by atoms with Crippen LogP contribution in [0, 0.1) is 23.7 Å². The van der Waals surface area contributed by atoms with Crippen LogP contribution in [0.3, 0.4) is 0 Å². The zero-order valence-electron chi connectivity index (χ0n) is 17.6. The van der Waals surface area contributed by atoms with Gasteiger partial charge in [0.25, 0.3) is 0 Å². The van der Waals surface area contributed by atoms with E-state index in [2.05, 4.69) is 82.5 Å². The van der Waals surface area contributed by atoms with E-state index in [4.69, 9.17) is 5.73 Å². The van der Waals surface area contributed by atoms with Gasteiger partial charge in [-0.1, -0.05) is 92.3 Å². The standard InChI is InChI=1S/C27H35N/c1-6-20(2)18-21(3)10-9-13-27(23(5)25-15-14-22(4)19-25)24-11-7-8-12-26(28)17-16-24/h6-12,14-17,19-21,25,27H,1,5,13,18,28H2,2-4H3/b8-7-,10-9+,11-7?,12-8?,17-16-,24-11+,24-16?,26-12+,26-17?. The Labute approximate surface area is 171 Å². The molecule has 28 heavy (non-hydrogen) atoms. The summed E-state index contributed by atoms with van der Waals surface area (Å²) in [7, 11) is 0. The van der Waals surface area contributed by atoms with Crippen molar-refractivity contribution in [3.05, 3.63) is 108 Å². The molecule has 2 N–H and O–H groups in total. The van der Waals surface area contributed by atoms with Gasteiger partial charge in [0.1, 0.15) is 0 Å². The lowest BCUT2D eigenvalue weighted by Crippen LogP contribution is -2.11. The van der Waals surface area contributed by atoms with Crippen LogP contribution >= 0.6 is 0 Å². The van der Waals surface area contributed by atoms with Gasteiger partial charge in [-0.25, -0.2) is 0 Å². The Balaban J connectivity index is 2.19. The summed E-state index contributed by atoms with van der Waals surface area (Å²) in [6.07, 6.45) is 27.8. The number of hydrogen-bond donors (Lipinski definition) is 1. The van der Waals surface area contributed by atoms with Crippen LogP contribution in [-0.4, -0.2) is 0 Å². The van der Waals surface area contributed by atoms with Crippen molar-refractivity contribution in [3.63, 3.8) is 0 Å². The van der Waals surface area contributed by atoms with Gasteiger partial charge < -0.3 is 5.73 Å². The largest absolute Gasteiger partial charge is 0.399 e. The van der Waals surface area contributed by atoms with E-state index in [0.717, 1.165) is 18.5 Å². The predicted molar refractivity (Wildman–Crippen MR) is 125 cm³/mol. The molecule has 2 aliphatic carbocycles. The van der Waals surface area contributed by atoms with Crippen LogP contribution < -0.4 is 5.73 Å². The van der Waals surface area contributed by atoms with Crippen LogP contribution in [0.1, 0.15) is 33.6 Å². The monoisotopic (exact) mass is 373 g/mol. The van der Waals surface area contributed by atoms with E-state index >= 15 is 0 Å². The van der Waals surface area contributed by atoms with Gasteiger partial charge in [0.2, 0.25) is 0 Å². The predicted octanol–water partition coefficient (Wildman–Crippen LogP) is 6.98. The first-order chi connectivity index (χ1) is 13.4. The maximum Gasteiger partial charge on any atom is 0.0314 e. The smallest absolute Gasteiger partial charge is 0.0314 e. The Morgan fingerprint density at radius 1 is 1.14 bits per heavy atom. The number of rotatable bonds is 9. The summed E-state index contributed by atoms with van der Waals surface area (Å²) in [6, 6.07) is 0. The highest BCUT2D eigenvalue weighted by Gasteiger charge is 2.21. The molecule has 0 aromatic rings. The van der Waals surface area contributed by atoms with Gasteiger partial charge in [-0.2, -0.15) is 0 Å². The van der Waals surface area contributed by atoms with E-state index in [0.29, 0.717) is 17.8 Å². The lowest BCUT2D eigenvalue weighted by molar-refractivity contribution is 0.542. The first-order valence-electron chi connectivity index (χ1n) is 10.3. The SMILES string of the molecule is C=CC(C)CC(C)/C=C/CC(C(=C)C1C=CC(C)=C1)C1=C/C=C\C=C(N)/C=C\1. The molecule has 0 radical (unpaired) electrons. The van der Waals surface area contributed by atoms with Crippen LogP contribution in [0.5, 0.6) is 0 Å². The number of allylic oxidation sites excluding steroid dienone is 15. The molecule has 0 aliphatic heterocycles. The molecule has 0 heterocycles. The van der Waals surface area contributed by atoms with Gasteiger partial charge >= 0.3 is 0 Å². The zero-order valence-corrected chi connectivity index (χ0v) is 17.6. The van der Waals surface area contributed by atoms with Crippen molar-refractivity contribution in [1.29, 1.82) is 0 Å². The molecule has 1 nitrogen and oxygen atoms in total. The van der Waals surface area contributed by atoms with E-state index < -0.39 is 0 Å². The second-order valence-corrected chi connectivity index (χ2v) is 8.06. The lowest BCUT2D eigenvalue weighted by Gasteiger charge is -2.23. The minimum Gasteiger partial charge on any atom is -0.399 e. The minimum absolute atomic E-state index is 0.254. The molecule has 0 amide bonds. The van der Waals surface area contributed by atoms with Crippen molar-refractivity contribution < 1.29 is 0 Å². The summed E-state index contributed by atoms with van der Waals surface area (Å²) in [5.41, 5.74) is 10.6. The first-order valence-corrected chi connectivity index (χ1v) is 10.3. The summed E-state index contributed by atoms with van der Waals surface area (Å²) in [4.78, 5) is 0. The van der Waals surface area contributed by atoms with E-state index in [9.17, 15) is 0 Å². The zero-order chi connectivity index (χ0) is 20.5. The van der Waals surface area contributed by atoms with Crippen molar-refractivity contribution in [2.45, 2.75) is 33.6 Å². The molecule has 0 saturated heterocycles. The Morgan fingerprint density at radius 3 is 2.57 bits per heavy atom. The van der Waals surface area contributed by atoms with Gasteiger partial charge in [0.15, 0.2) is 0 Å². The third kappa shape index (κ3) is 6.56. The van der Waals surface area contributed by atoms with E-state index in [1.54, 1.807) is 0 Å². The van der Waals surface area contributed by atoms with Crippen molar-refractivity contribution in [3.8, 4) is 0 Å². The first kappa shape index (κ1) is 21.8. The molecule has 4 atom stereocenters. The molecule has 0 spiro atoms. The van der Waals surface area contributed by atoms with Crippen LogP contribution in [0.15, 0.2) is 108 Å². The summed E-state index contributed by atoms with van der Waals surface area (Å²) < 4.78 is 0.